The van der Waals surface area contributed by atoms with Gasteiger partial charge in [0, 0.05) is 6.20 Å². The van der Waals surface area contributed by atoms with Crippen molar-refractivity contribution < 1.29 is 18.7 Å². The number of anilines is 1. The van der Waals surface area contributed by atoms with Crippen molar-refractivity contribution in [3.8, 4) is 0 Å². The van der Waals surface area contributed by atoms with Crippen molar-refractivity contribution in [3.05, 3.63) is 18.3 Å². The fourth-order valence-corrected chi connectivity index (χ4v) is 0.994. The lowest BCUT2D eigenvalue weighted by atomic mass is 10.5. The first kappa shape index (κ1) is 9.62. The van der Waals surface area contributed by atoms with Crippen molar-refractivity contribution in [1.29, 1.82) is 0 Å². The van der Waals surface area contributed by atoms with Crippen LogP contribution in [-0.4, -0.2) is 24.9 Å². The van der Waals surface area contributed by atoms with E-state index in [0.29, 0.717) is 0 Å². The molecule has 0 aromatic carbocycles. The van der Waals surface area contributed by atoms with Gasteiger partial charge in [0.25, 0.3) is 0 Å². The third-order valence-electron chi connectivity index (χ3n) is 1.17. The Balaban J connectivity index is 2.81. The van der Waals surface area contributed by atoms with E-state index < -0.39 is 17.2 Å². The summed E-state index contributed by atoms with van der Waals surface area (Å²) in [7, 11) is 0. The average molecular weight is 202 g/mol. The molecule has 0 saturated carbocycles. The molecule has 0 saturated heterocycles. The number of carboxylic acid groups (broad SMARTS) is 1. The van der Waals surface area contributed by atoms with E-state index in [1.165, 1.54) is 12.1 Å². The van der Waals surface area contributed by atoms with Gasteiger partial charge < -0.3 is 9.66 Å². The van der Waals surface area contributed by atoms with Crippen LogP contribution in [-0.2, 0) is 11.1 Å². The lowest BCUT2D eigenvalue weighted by Gasteiger charge is -1.99. The van der Waals surface area contributed by atoms with Crippen molar-refractivity contribution in [2.45, 2.75) is 4.90 Å². The number of pyridine rings is 1. The summed E-state index contributed by atoms with van der Waals surface area (Å²) >= 11 is -2.09. The first-order valence-corrected chi connectivity index (χ1v) is 4.27. The Hall–Kier alpha value is -1.47. The van der Waals surface area contributed by atoms with Gasteiger partial charge in [0.2, 0.25) is 0 Å². The van der Waals surface area contributed by atoms with Gasteiger partial charge in [0.15, 0.2) is 11.1 Å². The lowest BCUT2D eigenvalue weighted by molar-refractivity contribution is 0.209. The van der Waals surface area contributed by atoms with Crippen LogP contribution in [0.4, 0.5) is 10.6 Å². The van der Waals surface area contributed by atoms with Gasteiger partial charge in [-0.3, -0.25) is 5.32 Å². The van der Waals surface area contributed by atoms with Crippen LogP contribution >= 0.6 is 0 Å². The van der Waals surface area contributed by atoms with Gasteiger partial charge in [-0.25, -0.2) is 14.0 Å². The molecular weight excluding hydrogens is 196 g/mol. The molecule has 13 heavy (non-hydrogen) atoms. The summed E-state index contributed by atoms with van der Waals surface area (Å²) < 4.78 is 19.1. The zero-order chi connectivity index (χ0) is 9.84. The number of carbonyl (C=O) groups is 1. The second kappa shape index (κ2) is 3.97. The minimum Gasteiger partial charge on any atom is -0.465 e. The molecule has 70 valence electrons. The highest BCUT2D eigenvalue weighted by Gasteiger charge is 2.02. The number of amides is 1. The van der Waals surface area contributed by atoms with Crippen molar-refractivity contribution >= 4 is 23.0 Å². The normalized spacial score (nSPS) is 12.1. The van der Waals surface area contributed by atoms with Crippen molar-refractivity contribution in [2.75, 3.05) is 5.32 Å². The van der Waals surface area contributed by atoms with E-state index in [0.717, 1.165) is 6.20 Å². The second-order valence-corrected chi connectivity index (χ2v) is 3.03. The van der Waals surface area contributed by atoms with Crippen LogP contribution in [0.5, 0.6) is 0 Å². The van der Waals surface area contributed by atoms with Gasteiger partial charge in [-0.15, -0.1) is 0 Å². The Kier molecular flexibility index (Phi) is 2.93. The minimum absolute atomic E-state index is 0.113. The number of nitrogens with zero attached hydrogens (tertiary/aromatic N) is 1. The molecule has 0 aliphatic heterocycles. The van der Waals surface area contributed by atoms with Crippen LogP contribution < -0.4 is 5.32 Å². The summed E-state index contributed by atoms with van der Waals surface area (Å²) in [5, 5.41) is 10.3. The maximum Gasteiger partial charge on any atom is 0.410 e. The molecule has 0 spiro atoms. The van der Waals surface area contributed by atoms with E-state index in [4.69, 9.17) is 9.66 Å². The monoisotopic (exact) mass is 202 g/mol. The van der Waals surface area contributed by atoms with Crippen LogP contribution in [0.25, 0.3) is 0 Å². The van der Waals surface area contributed by atoms with Gasteiger partial charge in [0.1, 0.15) is 5.82 Å². The van der Waals surface area contributed by atoms with E-state index in [1.807, 2.05) is 5.32 Å². The fraction of sp³-hybridized carbons (Fsp3) is 0. The SMILES string of the molecule is O=C(O)Nc1ccc(S(=O)O)cn1. The Morgan fingerprint density at radius 3 is 2.62 bits per heavy atom. The molecule has 1 aromatic heterocycles. The Morgan fingerprint density at radius 2 is 2.23 bits per heavy atom. The molecule has 3 N–H and O–H groups in total. The van der Waals surface area contributed by atoms with Gasteiger partial charge in [-0.2, -0.15) is 0 Å². The molecule has 7 heteroatoms. The van der Waals surface area contributed by atoms with Gasteiger partial charge in [-0.05, 0) is 12.1 Å². The predicted octanol–water partition coefficient (Wildman–Crippen LogP) is 0.752. The summed E-state index contributed by atoms with van der Waals surface area (Å²) in [6.45, 7) is 0. The molecule has 1 amide bonds. The van der Waals surface area contributed by atoms with E-state index in [1.54, 1.807) is 0 Å². The number of hydrogen-bond acceptors (Lipinski definition) is 3. The summed E-state index contributed by atoms with van der Waals surface area (Å²) in [6, 6.07) is 2.62. The lowest BCUT2D eigenvalue weighted by Crippen LogP contribution is -2.08. The fourth-order valence-electron chi connectivity index (χ4n) is 0.667. The Morgan fingerprint density at radius 1 is 1.54 bits per heavy atom. The van der Waals surface area contributed by atoms with Crippen LogP contribution in [0.2, 0.25) is 0 Å². The highest BCUT2D eigenvalue weighted by Crippen LogP contribution is 2.07. The van der Waals surface area contributed by atoms with Crippen LogP contribution in [0.15, 0.2) is 23.2 Å². The number of nitrogens with one attached hydrogen (secondary N) is 1. The van der Waals surface area contributed by atoms with Crippen LogP contribution in [0.1, 0.15) is 0 Å². The Bertz CT molecular complexity index is 337. The number of aromatic nitrogens is 1. The second-order valence-electron chi connectivity index (χ2n) is 2.06. The van der Waals surface area contributed by atoms with Crippen LogP contribution in [0.3, 0.4) is 0 Å². The van der Waals surface area contributed by atoms with Crippen molar-refractivity contribution in [3.63, 3.8) is 0 Å². The van der Waals surface area contributed by atoms with E-state index in [2.05, 4.69) is 4.98 Å². The number of hydrogen-bond donors (Lipinski definition) is 3. The standard InChI is InChI=1S/C6H6N2O4S/c9-6(10)8-5-2-1-4(3-7-5)13(11)12/h1-3H,(H,7,8)(H,9,10)(H,11,12). The molecule has 0 aliphatic rings. The maximum atomic E-state index is 10.5. The molecule has 0 fully saturated rings. The van der Waals surface area contributed by atoms with Gasteiger partial charge >= 0.3 is 6.09 Å². The minimum atomic E-state index is -2.09. The molecule has 1 atom stereocenters. The average Bonchev–Trinajstić information content (AvgIpc) is 2.04. The molecule has 1 aromatic rings. The van der Waals surface area contributed by atoms with Crippen molar-refractivity contribution in [2.24, 2.45) is 0 Å². The summed E-state index contributed by atoms with van der Waals surface area (Å²) in [6.07, 6.45) is -0.105. The first-order valence-electron chi connectivity index (χ1n) is 3.16. The Labute approximate surface area is 75.9 Å². The molecule has 1 unspecified atom stereocenters. The highest BCUT2D eigenvalue weighted by molar-refractivity contribution is 7.79. The smallest absolute Gasteiger partial charge is 0.410 e. The summed E-state index contributed by atoms with van der Waals surface area (Å²) in [5.41, 5.74) is 0. The molecule has 0 radical (unpaired) electrons. The van der Waals surface area contributed by atoms with E-state index in [-0.39, 0.29) is 10.7 Å². The van der Waals surface area contributed by atoms with Crippen molar-refractivity contribution in [1.82, 2.24) is 4.98 Å². The zero-order valence-corrected chi connectivity index (χ0v) is 7.11. The zero-order valence-electron chi connectivity index (χ0n) is 6.30. The summed E-state index contributed by atoms with van der Waals surface area (Å²) in [4.78, 5) is 13.8. The molecule has 1 rings (SSSR count). The molecule has 0 bridgehead atoms. The van der Waals surface area contributed by atoms with Gasteiger partial charge in [-0.1, -0.05) is 0 Å². The van der Waals surface area contributed by atoms with E-state index in [9.17, 15) is 9.00 Å². The predicted molar refractivity (Wildman–Crippen MR) is 44.9 cm³/mol. The highest BCUT2D eigenvalue weighted by atomic mass is 32.2. The van der Waals surface area contributed by atoms with E-state index >= 15 is 0 Å². The van der Waals surface area contributed by atoms with Crippen LogP contribution in [0, 0.1) is 0 Å². The number of rotatable bonds is 2. The molecule has 0 aliphatic carbocycles. The molecular formula is C6H6N2O4S. The first-order chi connectivity index (χ1) is 6.09. The quantitative estimate of drug-likeness (QED) is 0.614. The largest absolute Gasteiger partial charge is 0.465 e. The molecule has 6 nitrogen and oxygen atoms in total. The third-order valence-corrected chi connectivity index (χ3v) is 1.82. The molecule has 1 heterocycles. The topological polar surface area (TPSA) is 99.5 Å². The summed E-state index contributed by atoms with van der Waals surface area (Å²) in [5.74, 6) is 0.113. The van der Waals surface area contributed by atoms with Gasteiger partial charge in [0.05, 0.1) is 4.90 Å². The maximum absolute atomic E-state index is 10.5. The third kappa shape index (κ3) is 2.80.